The maximum absolute atomic E-state index is 11.5. The molecule has 1 heterocycles. The third-order valence-electron chi connectivity index (χ3n) is 2.02. The molecule has 0 atom stereocenters. The molecule has 1 aliphatic rings. The Bertz CT molecular complexity index is 231. The van der Waals surface area contributed by atoms with Gasteiger partial charge in [0, 0.05) is 27.8 Å². The fraction of sp³-hybridized carbons (Fsp3) is 1.00. The van der Waals surface area contributed by atoms with E-state index in [4.69, 9.17) is 0 Å². The fourth-order valence-electron chi connectivity index (χ4n) is 1.14. The topological polar surface area (TPSA) is 32.7 Å². The van der Waals surface area contributed by atoms with Gasteiger partial charge in [0.2, 0.25) is 0 Å². The molecule has 0 radical (unpaired) electrons. The van der Waals surface area contributed by atoms with Gasteiger partial charge in [0.25, 0.3) is 0 Å². The minimum Gasteiger partial charge on any atom is -0.309 e. The Morgan fingerprint density at radius 2 is 2.08 bits per heavy atom. The van der Waals surface area contributed by atoms with Crippen molar-refractivity contribution in [3.63, 3.8) is 0 Å². The summed E-state index contributed by atoms with van der Waals surface area (Å²) >= 11 is 0. The van der Waals surface area contributed by atoms with E-state index < -0.39 is 9.73 Å². The molecule has 0 spiro atoms. The first-order valence-corrected chi connectivity index (χ1v) is 6.31. The van der Waals surface area contributed by atoms with Gasteiger partial charge in [0.15, 0.2) is 0 Å². The van der Waals surface area contributed by atoms with E-state index in [2.05, 4.69) is 9.26 Å². The van der Waals surface area contributed by atoms with E-state index in [-0.39, 0.29) is 0 Å². The van der Waals surface area contributed by atoms with Gasteiger partial charge in [-0.15, -0.1) is 0 Å². The van der Waals surface area contributed by atoms with Crippen LogP contribution < -0.4 is 0 Å². The minimum atomic E-state index is -1.68. The van der Waals surface area contributed by atoms with E-state index in [1.54, 1.807) is 0 Å². The zero-order valence-electron chi connectivity index (χ0n) is 7.95. The van der Waals surface area contributed by atoms with Crippen molar-refractivity contribution < 1.29 is 4.21 Å². The van der Waals surface area contributed by atoms with Crippen molar-refractivity contribution in [2.75, 3.05) is 38.7 Å². The number of nitrogens with zero attached hydrogens (tertiary/aromatic N) is 2. The first-order chi connectivity index (χ1) is 5.62. The van der Waals surface area contributed by atoms with E-state index in [1.165, 1.54) is 0 Å². The molecule has 0 aromatic rings. The van der Waals surface area contributed by atoms with E-state index in [1.807, 2.05) is 14.1 Å². The van der Waals surface area contributed by atoms with Crippen molar-refractivity contribution in [2.45, 2.75) is 12.8 Å². The summed E-state index contributed by atoms with van der Waals surface area (Å²) in [7, 11) is 2.41. The largest absolute Gasteiger partial charge is 0.309 e. The molecule has 0 unspecified atom stereocenters. The quantitative estimate of drug-likeness (QED) is 0.615. The molecule has 3 nitrogen and oxygen atoms in total. The van der Waals surface area contributed by atoms with Gasteiger partial charge >= 0.3 is 0 Å². The van der Waals surface area contributed by atoms with Crippen LogP contribution in [0.5, 0.6) is 0 Å². The average Bonchev–Trinajstić information content (AvgIpc) is 1.94. The Morgan fingerprint density at radius 3 is 2.50 bits per heavy atom. The van der Waals surface area contributed by atoms with Crippen LogP contribution in [0.3, 0.4) is 0 Å². The average molecular weight is 190 g/mol. The summed E-state index contributed by atoms with van der Waals surface area (Å²) in [5.41, 5.74) is 0. The maximum atomic E-state index is 11.5. The number of hydrogen-bond acceptors (Lipinski definition) is 3. The molecule has 4 heteroatoms. The summed E-state index contributed by atoms with van der Waals surface area (Å²) in [6.45, 7) is 1.82. The van der Waals surface area contributed by atoms with Crippen LogP contribution in [0.1, 0.15) is 12.8 Å². The van der Waals surface area contributed by atoms with E-state index in [9.17, 15) is 4.21 Å². The van der Waals surface area contributed by atoms with Gasteiger partial charge in [0.05, 0.1) is 0 Å². The normalized spacial score (nSPS) is 20.6. The van der Waals surface area contributed by atoms with Gasteiger partial charge in [-0.2, -0.15) is 0 Å². The van der Waals surface area contributed by atoms with Crippen LogP contribution in [-0.4, -0.2) is 47.8 Å². The maximum Gasteiger partial charge on any atom is 0.0496 e. The number of rotatable bonds is 4. The van der Waals surface area contributed by atoms with Gasteiger partial charge in [-0.25, -0.2) is 8.57 Å². The second-order valence-electron chi connectivity index (χ2n) is 3.54. The Labute approximate surface area is 75.3 Å². The van der Waals surface area contributed by atoms with Gasteiger partial charge in [0.1, 0.15) is 0 Å². The highest BCUT2D eigenvalue weighted by Gasteiger charge is 2.17. The van der Waals surface area contributed by atoms with Crippen molar-refractivity contribution in [1.29, 1.82) is 0 Å². The van der Waals surface area contributed by atoms with Crippen molar-refractivity contribution in [3.05, 3.63) is 0 Å². The molecule has 1 rings (SSSR count). The van der Waals surface area contributed by atoms with Crippen LogP contribution >= 0.6 is 0 Å². The summed E-state index contributed by atoms with van der Waals surface area (Å²) in [5, 5.41) is 0. The Hall–Kier alpha value is -0.0900. The van der Waals surface area contributed by atoms with Crippen LogP contribution in [0, 0.1) is 0 Å². The molecule has 1 saturated heterocycles. The first-order valence-electron chi connectivity index (χ1n) is 4.45. The highest BCUT2D eigenvalue weighted by atomic mass is 32.2. The zero-order valence-corrected chi connectivity index (χ0v) is 8.77. The molecule has 0 aromatic carbocycles. The van der Waals surface area contributed by atoms with Crippen molar-refractivity contribution in [3.8, 4) is 0 Å². The molecule has 12 heavy (non-hydrogen) atoms. The van der Waals surface area contributed by atoms with Crippen molar-refractivity contribution in [2.24, 2.45) is 4.36 Å². The zero-order chi connectivity index (χ0) is 9.03. The lowest BCUT2D eigenvalue weighted by molar-refractivity contribution is 0.403. The van der Waals surface area contributed by atoms with Crippen molar-refractivity contribution in [1.82, 2.24) is 4.90 Å². The third kappa shape index (κ3) is 3.11. The highest BCUT2D eigenvalue weighted by molar-refractivity contribution is 7.94. The van der Waals surface area contributed by atoms with Gasteiger partial charge in [-0.3, -0.25) is 0 Å². The second-order valence-corrected chi connectivity index (χ2v) is 6.16. The van der Waals surface area contributed by atoms with E-state index >= 15 is 0 Å². The van der Waals surface area contributed by atoms with Crippen LogP contribution in [0.25, 0.3) is 0 Å². The molecule has 0 aliphatic carbocycles. The lowest BCUT2D eigenvalue weighted by atomic mass is 10.4. The predicted molar refractivity (Wildman–Crippen MR) is 53.0 cm³/mol. The highest BCUT2D eigenvalue weighted by Crippen LogP contribution is 2.12. The molecular formula is C8H18N2OS. The summed E-state index contributed by atoms with van der Waals surface area (Å²) in [5.74, 6) is 1.68. The molecule has 0 aromatic heterocycles. The molecule has 0 saturated carbocycles. The summed E-state index contributed by atoms with van der Waals surface area (Å²) < 4.78 is 15.7. The van der Waals surface area contributed by atoms with Gasteiger partial charge in [-0.05, 0) is 33.5 Å². The Morgan fingerprint density at radius 1 is 1.42 bits per heavy atom. The van der Waals surface area contributed by atoms with Crippen LogP contribution in [0.4, 0.5) is 0 Å². The smallest absolute Gasteiger partial charge is 0.0496 e. The monoisotopic (exact) mass is 190 g/mol. The molecule has 0 bridgehead atoms. The molecule has 0 amide bonds. The standard InChI is InChI=1S/C8H18N2OS/c1-10(2)6-3-5-9-12(11)7-4-8-12/h3-8H2,1-2H3. The van der Waals surface area contributed by atoms with E-state index in [0.29, 0.717) is 0 Å². The molecule has 1 aliphatic heterocycles. The molecule has 0 N–H and O–H groups in total. The van der Waals surface area contributed by atoms with Crippen molar-refractivity contribution >= 4 is 9.73 Å². The lowest BCUT2D eigenvalue weighted by Gasteiger charge is -2.18. The summed E-state index contributed by atoms with van der Waals surface area (Å²) in [4.78, 5) is 2.13. The summed E-state index contributed by atoms with van der Waals surface area (Å²) in [6.07, 6.45) is 2.14. The Balaban J connectivity index is 2.17. The molecular weight excluding hydrogens is 172 g/mol. The molecule has 1 fully saturated rings. The molecule has 72 valence electrons. The van der Waals surface area contributed by atoms with Gasteiger partial charge < -0.3 is 4.90 Å². The van der Waals surface area contributed by atoms with Crippen LogP contribution in [0.15, 0.2) is 4.36 Å². The van der Waals surface area contributed by atoms with Gasteiger partial charge in [-0.1, -0.05) is 0 Å². The van der Waals surface area contributed by atoms with E-state index in [0.717, 1.165) is 37.4 Å². The third-order valence-corrected chi connectivity index (χ3v) is 4.52. The number of hydrogen-bond donors (Lipinski definition) is 0. The summed E-state index contributed by atoms with van der Waals surface area (Å²) in [6, 6.07) is 0. The SMILES string of the molecule is CN(C)CCCN=S1(=O)CCC1. The second kappa shape index (κ2) is 4.23. The lowest BCUT2D eigenvalue weighted by Crippen LogP contribution is -2.24. The van der Waals surface area contributed by atoms with Crippen LogP contribution in [0.2, 0.25) is 0 Å². The fourth-order valence-corrected chi connectivity index (χ4v) is 2.64. The first kappa shape index (κ1) is 9.99. The predicted octanol–water partition coefficient (Wildman–Crippen LogP) is 0.810. The Kier molecular flexibility index (Phi) is 3.53. The minimum absolute atomic E-state index is 0.775. The van der Waals surface area contributed by atoms with Crippen LogP contribution in [-0.2, 0) is 9.73 Å².